The lowest BCUT2D eigenvalue weighted by Gasteiger charge is -2.34. The molecule has 0 saturated carbocycles. The maximum atomic E-state index is 11.6. The lowest BCUT2D eigenvalue weighted by molar-refractivity contribution is -0.126. The molecule has 0 bridgehead atoms. The molecule has 2 aliphatic rings. The molecule has 2 amide bonds. The quantitative estimate of drug-likeness (QED) is 0.498. The highest BCUT2D eigenvalue weighted by Crippen LogP contribution is 2.19. The molecule has 2 saturated heterocycles. The zero-order chi connectivity index (χ0) is 13.0. The molecule has 0 radical (unpaired) electrons. The molecular formula is C12H21N3O3. The largest absolute Gasteiger partial charge is 0.378 e. The molecule has 0 aromatic rings. The third-order valence-electron chi connectivity index (χ3n) is 3.56. The first-order chi connectivity index (χ1) is 8.70. The Balaban J connectivity index is 1.73. The molecule has 102 valence electrons. The van der Waals surface area contributed by atoms with Gasteiger partial charge in [0.25, 0.3) is 0 Å². The Kier molecular flexibility index (Phi) is 4.68. The van der Waals surface area contributed by atoms with E-state index in [0.29, 0.717) is 19.6 Å². The molecule has 6 nitrogen and oxygen atoms in total. The van der Waals surface area contributed by atoms with Crippen LogP contribution in [0.15, 0.2) is 0 Å². The summed E-state index contributed by atoms with van der Waals surface area (Å²) in [4.78, 5) is 24.8. The van der Waals surface area contributed by atoms with Gasteiger partial charge < -0.3 is 10.5 Å². The van der Waals surface area contributed by atoms with Crippen molar-refractivity contribution >= 4 is 11.8 Å². The van der Waals surface area contributed by atoms with Crippen molar-refractivity contribution < 1.29 is 14.3 Å². The van der Waals surface area contributed by atoms with E-state index in [1.54, 1.807) is 0 Å². The number of hydrogen-bond donors (Lipinski definition) is 2. The molecule has 2 rings (SSSR count). The third-order valence-corrected chi connectivity index (χ3v) is 3.56. The van der Waals surface area contributed by atoms with Crippen LogP contribution in [0.1, 0.15) is 25.7 Å². The van der Waals surface area contributed by atoms with Crippen molar-refractivity contribution in [2.24, 2.45) is 5.73 Å². The summed E-state index contributed by atoms with van der Waals surface area (Å²) < 4.78 is 5.71. The molecular weight excluding hydrogens is 234 g/mol. The molecule has 2 fully saturated rings. The molecule has 0 aliphatic carbocycles. The van der Waals surface area contributed by atoms with Gasteiger partial charge in [-0.15, -0.1) is 0 Å². The Hall–Kier alpha value is -0.980. The van der Waals surface area contributed by atoms with E-state index < -0.39 is 0 Å². The highest BCUT2D eigenvalue weighted by atomic mass is 16.5. The predicted octanol–water partition coefficient (Wildman–Crippen LogP) is -0.769. The first-order valence-corrected chi connectivity index (χ1v) is 6.60. The molecule has 18 heavy (non-hydrogen) atoms. The number of carbonyl (C=O) groups is 2. The van der Waals surface area contributed by atoms with Gasteiger partial charge in [0.05, 0.1) is 18.6 Å². The van der Waals surface area contributed by atoms with Crippen molar-refractivity contribution in [1.29, 1.82) is 0 Å². The number of nitrogens with two attached hydrogens (primary N) is 1. The van der Waals surface area contributed by atoms with Crippen molar-refractivity contribution in [2.45, 2.75) is 37.8 Å². The second-order valence-corrected chi connectivity index (χ2v) is 4.88. The van der Waals surface area contributed by atoms with E-state index in [9.17, 15) is 9.59 Å². The number of piperidine rings is 1. The number of rotatable bonds is 5. The maximum absolute atomic E-state index is 11.6. The van der Waals surface area contributed by atoms with E-state index >= 15 is 0 Å². The van der Waals surface area contributed by atoms with Crippen molar-refractivity contribution in [3.63, 3.8) is 0 Å². The third kappa shape index (κ3) is 3.28. The van der Waals surface area contributed by atoms with Gasteiger partial charge in [-0.3, -0.25) is 19.8 Å². The van der Waals surface area contributed by atoms with Crippen LogP contribution in [0.4, 0.5) is 0 Å². The van der Waals surface area contributed by atoms with Crippen molar-refractivity contribution in [1.82, 2.24) is 10.2 Å². The van der Waals surface area contributed by atoms with Crippen LogP contribution in [0.5, 0.6) is 0 Å². The monoisotopic (exact) mass is 255 g/mol. The van der Waals surface area contributed by atoms with Crippen LogP contribution >= 0.6 is 0 Å². The van der Waals surface area contributed by atoms with Crippen LogP contribution < -0.4 is 11.1 Å². The number of amides is 2. The summed E-state index contributed by atoms with van der Waals surface area (Å²) >= 11 is 0. The van der Waals surface area contributed by atoms with Crippen LogP contribution in [0.2, 0.25) is 0 Å². The van der Waals surface area contributed by atoms with Crippen LogP contribution in [0, 0.1) is 0 Å². The second-order valence-electron chi connectivity index (χ2n) is 4.88. The van der Waals surface area contributed by atoms with E-state index in [1.807, 2.05) is 0 Å². The predicted molar refractivity (Wildman–Crippen MR) is 65.8 cm³/mol. The van der Waals surface area contributed by atoms with E-state index in [-0.39, 0.29) is 24.0 Å². The fourth-order valence-corrected chi connectivity index (χ4v) is 2.52. The highest BCUT2D eigenvalue weighted by molar-refractivity contribution is 6.05. The Morgan fingerprint density at radius 1 is 1.33 bits per heavy atom. The van der Waals surface area contributed by atoms with Gasteiger partial charge in [-0.25, -0.2) is 0 Å². The van der Waals surface area contributed by atoms with Gasteiger partial charge >= 0.3 is 0 Å². The zero-order valence-corrected chi connectivity index (χ0v) is 10.6. The first-order valence-electron chi connectivity index (χ1n) is 6.60. The summed E-state index contributed by atoms with van der Waals surface area (Å²) in [5.74, 6) is -0.311. The highest BCUT2D eigenvalue weighted by Gasteiger charge is 2.36. The summed E-state index contributed by atoms with van der Waals surface area (Å²) in [6.45, 7) is 3.00. The fourth-order valence-electron chi connectivity index (χ4n) is 2.52. The van der Waals surface area contributed by atoms with Gasteiger partial charge in [-0.05, 0) is 25.8 Å². The zero-order valence-electron chi connectivity index (χ0n) is 10.6. The Bertz CT molecular complexity index is 314. The molecule has 1 atom stereocenters. The molecule has 6 heteroatoms. The molecule has 0 aromatic heterocycles. The number of hydrogen-bond acceptors (Lipinski definition) is 5. The van der Waals surface area contributed by atoms with Gasteiger partial charge in [0, 0.05) is 19.7 Å². The van der Waals surface area contributed by atoms with E-state index in [2.05, 4.69) is 10.2 Å². The van der Waals surface area contributed by atoms with Crippen LogP contribution in [-0.2, 0) is 14.3 Å². The Morgan fingerprint density at radius 2 is 2.06 bits per heavy atom. The summed E-state index contributed by atoms with van der Waals surface area (Å²) in [6, 6.07) is -0.262. The topological polar surface area (TPSA) is 84.7 Å². The average Bonchev–Trinajstić information content (AvgIpc) is 2.70. The lowest BCUT2D eigenvalue weighted by Crippen LogP contribution is -2.46. The average molecular weight is 255 g/mol. The minimum absolute atomic E-state index is 0.150. The molecule has 0 spiro atoms. The van der Waals surface area contributed by atoms with Crippen molar-refractivity contribution in [3.05, 3.63) is 0 Å². The molecule has 3 N–H and O–H groups in total. The summed E-state index contributed by atoms with van der Waals surface area (Å²) in [7, 11) is 0. The van der Waals surface area contributed by atoms with E-state index in [0.717, 1.165) is 32.4 Å². The molecule has 2 heterocycles. The van der Waals surface area contributed by atoms with Crippen LogP contribution in [0.25, 0.3) is 0 Å². The minimum Gasteiger partial charge on any atom is -0.378 e. The summed E-state index contributed by atoms with van der Waals surface area (Å²) in [5, 5.41) is 2.35. The van der Waals surface area contributed by atoms with Gasteiger partial charge in [-0.2, -0.15) is 0 Å². The maximum Gasteiger partial charge on any atom is 0.244 e. The van der Waals surface area contributed by atoms with Crippen molar-refractivity contribution in [3.8, 4) is 0 Å². The smallest absolute Gasteiger partial charge is 0.244 e. The van der Waals surface area contributed by atoms with Crippen molar-refractivity contribution in [2.75, 3.05) is 26.2 Å². The number of imide groups is 1. The Labute approximate surface area is 107 Å². The number of ether oxygens (including phenoxy) is 1. The molecule has 2 aliphatic heterocycles. The fraction of sp³-hybridized carbons (Fsp3) is 0.833. The van der Waals surface area contributed by atoms with Gasteiger partial charge in [0.2, 0.25) is 11.8 Å². The summed E-state index contributed by atoms with van der Waals surface area (Å²) in [6.07, 6.45) is 3.30. The number of nitrogens with one attached hydrogen (secondary N) is 1. The molecule has 0 aromatic carbocycles. The first kappa shape index (κ1) is 13.5. The van der Waals surface area contributed by atoms with Gasteiger partial charge in [0.15, 0.2) is 0 Å². The lowest BCUT2D eigenvalue weighted by atomic mass is 10.0. The molecule has 1 unspecified atom stereocenters. The van der Waals surface area contributed by atoms with Crippen LogP contribution in [-0.4, -0.2) is 55.1 Å². The number of likely N-dealkylation sites (tertiary alicyclic amines) is 1. The Morgan fingerprint density at radius 3 is 2.61 bits per heavy atom. The normalized spacial score (nSPS) is 26.6. The second kappa shape index (κ2) is 6.26. The van der Waals surface area contributed by atoms with E-state index in [4.69, 9.17) is 10.5 Å². The van der Waals surface area contributed by atoms with Gasteiger partial charge in [-0.1, -0.05) is 0 Å². The van der Waals surface area contributed by atoms with Crippen LogP contribution in [0.3, 0.4) is 0 Å². The van der Waals surface area contributed by atoms with Gasteiger partial charge in [0.1, 0.15) is 0 Å². The number of carbonyl (C=O) groups excluding carboxylic acids is 2. The number of nitrogens with zero attached hydrogens (tertiary/aromatic N) is 1. The standard InChI is InChI=1S/C12H21N3O3/c13-4-1-7-18-9-2-5-15(6-3-9)10-8-11(16)14-12(10)17/h9-10H,1-8,13H2,(H,14,16,17). The minimum atomic E-state index is -0.262. The summed E-state index contributed by atoms with van der Waals surface area (Å²) in [5.41, 5.74) is 5.41. The van der Waals surface area contributed by atoms with E-state index in [1.165, 1.54) is 0 Å². The SMILES string of the molecule is NCCCOC1CCN(C2CC(=O)NC2=O)CC1.